The lowest BCUT2D eigenvalue weighted by atomic mass is 10.3. The molecule has 2 heterocycles. The molecule has 0 bridgehead atoms. The quantitative estimate of drug-likeness (QED) is 0.565. The van der Waals surface area contributed by atoms with Crippen LogP contribution in [0.1, 0.15) is 25.6 Å². The minimum absolute atomic E-state index is 0.638. The lowest BCUT2D eigenvalue weighted by Crippen LogP contribution is -2.10. The molecule has 0 saturated carbocycles. The highest BCUT2D eigenvalue weighted by Gasteiger charge is 2.12. The van der Waals surface area contributed by atoms with Crippen molar-refractivity contribution in [2.24, 2.45) is 0 Å². The van der Waals surface area contributed by atoms with E-state index in [2.05, 4.69) is 40.0 Å². The van der Waals surface area contributed by atoms with Crippen LogP contribution in [0.2, 0.25) is 0 Å². The van der Waals surface area contributed by atoms with Crippen LogP contribution >= 0.6 is 0 Å². The topological polar surface area (TPSA) is 48.5 Å². The minimum Gasteiger partial charge on any atom is -0.326 e. The molecule has 4 aromatic rings. The van der Waals surface area contributed by atoms with Gasteiger partial charge in [0.1, 0.15) is 17.9 Å². The fourth-order valence-electron chi connectivity index (χ4n) is 2.98. The Morgan fingerprint density at radius 2 is 1.65 bits per heavy atom. The normalized spacial score (nSPS) is 11.5. The molecule has 0 aliphatic carbocycles. The monoisotopic (exact) mass is 305 g/mol. The third kappa shape index (κ3) is 2.48. The van der Waals surface area contributed by atoms with Gasteiger partial charge in [-0.15, -0.1) is 5.10 Å². The summed E-state index contributed by atoms with van der Waals surface area (Å²) in [5, 5.41) is 8.53. The van der Waals surface area contributed by atoms with Crippen molar-refractivity contribution in [1.29, 1.82) is 0 Å². The highest BCUT2D eigenvalue weighted by atomic mass is 15.4. The first-order valence-corrected chi connectivity index (χ1v) is 8.09. The van der Waals surface area contributed by atoms with Crippen LogP contribution in [0.4, 0.5) is 0 Å². The van der Waals surface area contributed by atoms with E-state index in [0.29, 0.717) is 6.54 Å². The van der Waals surface area contributed by atoms with Gasteiger partial charge in [-0.3, -0.25) is 0 Å². The third-order valence-electron chi connectivity index (χ3n) is 4.18. The van der Waals surface area contributed by atoms with E-state index in [0.717, 1.165) is 41.8 Å². The van der Waals surface area contributed by atoms with Crippen LogP contribution in [0.25, 0.3) is 22.1 Å². The lowest BCUT2D eigenvalue weighted by Gasteiger charge is -2.08. The van der Waals surface area contributed by atoms with E-state index in [1.54, 1.807) is 0 Å². The van der Waals surface area contributed by atoms with E-state index in [1.165, 1.54) is 5.52 Å². The number of fused-ring (bicyclic) bond motifs is 2. The van der Waals surface area contributed by atoms with E-state index in [9.17, 15) is 0 Å². The molecule has 0 aliphatic heterocycles. The Morgan fingerprint density at radius 3 is 2.48 bits per heavy atom. The molecule has 2 aromatic carbocycles. The van der Waals surface area contributed by atoms with Gasteiger partial charge in [-0.05, 0) is 30.7 Å². The Morgan fingerprint density at radius 1 is 0.913 bits per heavy atom. The fourth-order valence-corrected chi connectivity index (χ4v) is 2.98. The summed E-state index contributed by atoms with van der Waals surface area (Å²) in [7, 11) is 0. The van der Waals surface area contributed by atoms with Crippen LogP contribution in [-0.2, 0) is 13.1 Å². The summed E-state index contributed by atoms with van der Waals surface area (Å²) in [6, 6.07) is 16.4. The molecule has 4 rings (SSSR count). The van der Waals surface area contributed by atoms with Gasteiger partial charge < -0.3 is 4.57 Å². The molecule has 2 aromatic heterocycles. The van der Waals surface area contributed by atoms with E-state index in [-0.39, 0.29) is 0 Å². The van der Waals surface area contributed by atoms with Gasteiger partial charge in [0.15, 0.2) is 0 Å². The first kappa shape index (κ1) is 13.9. The van der Waals surface area contributed by atoms with Crippen molar-refractivity contribution in [3.63, 3.8) is 0 Å². The van der Waals surface area contributed by atoms with Crippen molar-refractivity contribution >= 4 is 22.1 Å². The first-order valence-electron chi connectivity index (χ1n) is 8.09. The molecule has 0 amide bonds. The summed E-state index contributed by atoms with van der Waals surface area (Å²) in [6.07, 6.45) is 2.31. The zero-order chi connectivity index (χ0) is 15.6. The molecule has 0 aliphatic rings. The predicted octanol–water partition coefficient (Wildman–Crippen LogP) is 3.63. The number of para-hydroxylation sites is 3. The molecule has 23 heavy (non-hydrogen) atoms. The molecule has 116 valence electrons. The second-order valence-corrected chi connectivity index (χ2v) is 5.76. The summed E-state index contributed by atoms with van der Waals surface area (Å²) in [6.45, 7) is 3.83. The summed E-state index contributed by atoms with van der Waals surface area (Å²) >= 11 is 0. The minimum atomic E-state index is 0.638. The molecule has 0 fully saturated rings. The van der Waals surface area contributed by atoms with Gasteiger partial charge >= 0.3 is 0 Å². The first-order chi connectivity index (χ1) is 11.4. The maximum absolute atomic E-state index is 4.82. The van der Waals surface area contributed by atoms with Gasteiger partial charge in [-0.1, -0.05) is 42.8 Å². The SMILES string of the molecule is CCCCn1c(Cn2nnc3ccccc32)nc2ccccc21. The average molecular weight is 305 g/mol. The highest BCUT2D eigenvalue weighted by Crippen LogP contribution is 2.19. The van der Waals surface area contributed by atoms with Crippen molar-refractivity contribution in [1.82, 2.24) is 24.5 Å². The van der Waals surface area contributed by atoms with Gasteiger partial charge in [0.2, 0.25) is 0 Å². The molecular weight excluding hydrogens is 286 g/mol. The predicted molar refractivity (Wildman–Crippen MR) is 91.3 cm³/mol. The summed E-state index contributed by atoms with van der Waals surface area (Å²) in [5.74, 6) is 1.04. The zero-order valence-electron chi connectivity index (χ0n) is 13.2. The van der Waals surface area contributed by atoms with Gasteiger partial charge in [0.25, 0.3) is 0 Å². The van der Waals surface area contributed by atoms with Crippen molar-refractivity contribution in [3.05, 3.63) is 54.4 Å². The smallest absolute Gasteiger partial charge is 0.131 e. The maximum Gasteiger partial charge on any atom is 0.131 e. The Labute approximate surface area is 134 Å². The number of benzene rings is 2. The van der Waals surface area contributed by atoms with Gasteiger partial charge in [0, 0.05) is 6.54 Å². The number of rotatable bonds is 5. The number of aryl methyl sites for hydroxylation is 1. The van der Waals surface area contributed by atoms with Crippen molar-refractivity contribution < 1.29 is 0 Å². The third-order valence-corrected chi connectivity index (χ3v) is 4.18. The molecule has 0 saturated heterocycles. The van der Waals surface area contributed by atoms with E-state index in [4.69, 9.17) is 4.98 Å². The standard InChI is InChI=1S/C18H19N5/c1-2-3-12-22-16-10-6-4-8-14(16)19-18(22)13-23-17-11-7-5-9-15(17)20-21-23/h4-11H,2-3,12-13H2,1H3. The molecule has 5 nitrogen and oxygen atoms in total. The molecule has 0 spiro atoms. The van der Waals surface area contributed by atoms with Crippen molar-refractivity contribution in [3.8, 4) is 0 Å². The highest BCUT2D eigenvalue weighted by molar-refractivity contribution is 5.76. The molecule has 0 atom stereocenters. The molecule has 5 heteroatoms. The van der Waals surface area contributed by atoms with Crippen LogP contribution in [0, 0.1) is 0 Å². The van der Waals surface area contributed by atoms with Crippen LogP contribution < -0.4 is 0 Å². The van der Waals surface area contributed by atoms with E-state index >= 15 is 0 Å². The molecular formula is C18H19N5. The Hall–Kier alpha value is -2.69. The lowest BCUT2D eigenvalue weighted by molar-refractivity contribution is 0.574. The number of hydrogen-bond donors (Lipinski definition) is 0. The number of nitrogens with zero attached hydrogens (tertiary/aromatic N) is 5. The van der Waals surface area contributed by atoms with Gasteiger partial charge in [-0.2, -0.15) is 0 Å². The fraction of sp³-hybridized carbons (Fsp3) is 0.278. The summed E-state index contributed by atoms with van der Waals surface area (Å²) < 4.78 is 4.24. The van der Waals surface area contributed by atoms with Crippen LogP contribution in [0.15, 0.2) is 48.5 Å². The number of imidazole rings is 1. The zero-order valence-corrected chi connectivity index (χ0v) is 13.2. The van der Waals surface area contributed by atoms with Crippen LogP contribution in [-0.4, -0.2) is 24.5 Å². The number of hydrogen-bond acceptors (Lipinski definition) is 3. The average Bonchev–Trinajstić information content (AvgIpc) is 3.15. The second kappa shape index (κ2) is 5.83. The Kier molecular flexibility index (Phi) is 3.54. The summed E-state index contributed by atoms with van der Waals surface area (Å²) in [4.78, 5) is 4.82. The number of aromatic nitrogens is 5. The van der Waals surface area contributed by atoms with Crippen LogP contribution in [0.3, 0.4) is 0 Å². The number of unbranched alkanes of at least 4 members (excludes halogenated alkanes) is 1. The van der Waals surface area contributed by atoms with Crippen molar-refractivity contribution in [2.45, 2.75) is 32.9 Å². The molecule has 0 radical (unpaired) electrons. The second-order valence-electron chi connectivity index (χ2n) is 5.76. The Balaban J connectivity index is 1.78. The largest absolute Gasteiger partial charge is 0.326 e. The van der Waals surface area contributed by atoms with Crippen LogP contribution in [0.5, 0.6) is 0 Å². The van der Waals surface area contributed by atoms with Crippen molar-refractivity contribution in [2.75, 3.05) is 0 Å². The van der Waals surface area contributed by atoms with Gasteiger partial charge in [0.05, 0.1) is 16.6 Å². The maximum atomic E-state index is 4.82. The van der Waals surface area contributed by atoms with E-state index < -0.39 is 0 Å². The molecule has 0 unspecified atom stereocenters. The van der Waals surface area contributed by atoms with E-state index in [1.807, 2.05) is 35.0 Å². The Bertz CT molecular complexity index is 950. The molecule has 0 N–H and O–H groups in total. The summed E-state index contributed by atoms with van der Waals surface area (Å²) in [5.41, 5.74) is 4.20. The van der Waals surface area contributed by atoms with Gasteiger partial charge in [-0.25, -0.2) is 9.67 Å².